The third kappa shape index (κ3) is 4.65. The van der Waals surface area contributed by atoms with Gasteiger partial charge in [-0.3, -0.25) is 4.79 Å². The largest absolute Gasteiger partial charge is 0.346 e. The van der Waals surface area contributed by atoms with Crippen LogP contribution in [0, 0.1) is 0 Å². The number of likely N-dealkylation sites (tertiary alicyclic amines) is 1. The lowest BCUT2D eigenvalue weighted by Gasteiger charge is -2.23. The van der Waals surface area contributed by atoms with Crippen molar-refractivity contribution in [3.63, 3.8) is 0 Å². The van der Waals surface area contributed by atoms with Crippen LogP contribution < -0.4 is 10.2 Å². The van der Waals surface area contributed by atoms with E-state index in [0.717, 1.165) is 42.0 Å². The van der Waals surface area contributed by atoms with Gasteiger partial charge in [0, 0.05) is 22.8 Å². The van der Waals surface area contributed by atoms with Crippen LogP contribution in [-0.2, 0) is 6.42 Å². The van der Waals surface area contributed by atoms with Gasteiger partial charge in [0.25, 0.3) is 5.91 Å². The highest BCUT2D eigenvalue weighted by Crippen LogP contribution is 2.23. The SMILES string of the molecule is CCCc1c(C(=O)NCC[NH+]2CCCCC2)cnc2cc(-c3ccc(Cl)cc3)nn12. The Morgan fingerprint density at radius 2 is 1.97 bits per heavy atom. The summed E-state index contributed by atoms with van der Waals surface area (Å²) in [4.78, 5) is 19.0. The van der Waals surface area contributed by atoms with Crippen LogP contribution in [0.4, 0.5) is 0 Å². The molecular formula is C23H29ClN5O+. The fourth-order valence-corrected chi connectivity index (χ4v) is 4.29. The molecule has 1 amide bonds. The number of nitrogens with zero attached hydrogens (tertiary/aromatic N) is 3. The number of amides is 1. The van der Waals surface area contributed by atoms with Gasteiger partial charge < -0.3 is 10.2 Å². The van der Waals surface area contributed by atoms with E-state index in [-0.39, 0.29) is 5.91 Å². The maximum absolute atomic E-state index is 12.9. The Labute approximate surface area is 182 Å². The number of nitrogens with one attached hydrogen (secondary N) is 2. The Balaban J connectivity index is 1.55. The number of aromatic nitrogens is 3. The van der Waals surface area contributed by atoms with Crippen LogP contribution in [0.1, 0.15) is 48.7 Å². The summed E-state index contributed by atoms with van der Waals surface area (Å²) in [5, 5.41) is 8.55. The summed E-state index contributed by atoms with van der Waals surface area (Å²) in [6.45, 7) is 6.20. The topological polar surface area (TPSA) is 63.7 Å². The lowest BCUT2D eigenvalue weighted by molar-refractivity contribution is -0.903. The molecule has 1 aliphatic heterocycles. The Kier molecular flexibility index (Phi) is 6.65. The van der Waals surface area contributed by atoms with Gasteiger partial charge in [0.15, 0.2) is 5.65 Å². The molecule has 0 radical (unpaired) electrons. The van der Waals surface area contributed by atoms with Gasteiger partial charge >= 0.3 is 0 Å². The van der Waals surface area contributed by atoms with Gasteiger partial charge in [0.1, 0.15) is 0 Å². The highest BCUT2D eigenvalue weighted by molar-refractivity contribution is 6.30. The van der Waals surface area contributed by atoms with Gasteiger partial charge in [-0.25, -0.2) is 9.50 Å². The van der Waals surface area contributed by atoms with Crippen molar-refractivity contribution in [2.45, 2.75) is 39.0 Å². The molecule has 0 atom stereocenters. The van der Waals surface area contributed by atoms with E-state index >= 15 is 0 Å². The number of piperidine rings is 1. The van der Waals surface area contributed by atoms with Crippen molar-refractivity contribution in [3.8, 4) is 11.3 Å². The van der Waals surface area contributed by atoms with Gasteiger partial charge in [0.05, 0.1) is 43.1 Å². The average Bonchev–Trinajstić information content (AvgIpc) is 3.20. The molecule has 0 unspecified atom stereocenters. The minimum atomic E-state index is -0.0622. The van der Waals surface area contributed by atoms with Crippen LogP contribution in [0.15, 0.2) is 36.5 Å². The summed E-state index contributed by atoms with van der Waals surface area (Å²) in [6.07, 6.45) is 7.30. The summed E-state index contributed by atoms with van der Waals surface area (Å²) in [5.74, 6) is -0.0622. The second-order valence-corrected chi connectivity index (χ2v) is 8.43. The minimum absolute atomic E-state index is 0.0622. The predicted molar refractivity (Wildman–Crippen MR) is 119 cm³/mol. The summed E-state index contributed by atoms with van der Waals surface area (Å²) >= 11 is 6.01. The van der Waals surface area contributed by atoms with Gasteiger partial charge in [-0.2, -0.15) is 5.10 Å². The summed E-state index contributed by atoms with van der Waals surface area (Å²) in [5.41, 5.74) is 4.07. The number of hydrogen-bond donors (Lipinski definition) is 2. The number of halogens is 1. The molecule has 1 saturated heterocycles. The predicted octanol–water partition coefficient (Wildman–Crippen LogP) is 2.80. The standard InChI is InChI=1S/C23H28ClN5O/c1-2-6-21-19(23(30)25-11-14-28-12-4-3-5-13-28)16-26-22-15-20(27-29(21)22)17-7-9-18(24)10-8-17/h7-10,15-16H,2-6,11-14H2,1H3,(H,25,30)/p+1. The minimum Gasteiger partial charge on any atom is -0.346 e. The van der Waals surface area contributed by atoms with Gasteiger partial charge in [0.2, 0.25) is 0 Å². The van der Waals surface area contributed by atoms with Crippen molar-refractivity contribution in [2.24, 2.45) is 0 Å². The van der Waals surface area contributed by atoms with Crippen molar-refractivity contribution in [3.05, 3.63) is 52.8 Å². The number of hydrogen-bond acceptors (Lipinski definition) is 3. The number of carbonyl (C=O) groups excluding carboxylic acids is 1. The van der Waals surface area contributed by atoms with E-state index in [9.17, 15) is 4.79 Å². The first-order chi connectivity index (χ1) is 14.7. The molecule has 1 aromatic carbocycles. The second-order valence-electron chi connectivity index (χ2n) is 7.99. The monoisotopic (exact) mass is 426 g/mol. The van der Waals surface area contributed by atoms with Crippen LogP contribution >= 0.6 is 11.6 Å². The van der Waals surface area contributed by atoms with E-state index in [1.807, 2.05) is 34.8 Å². The normalized spacial score (nSPS) is 14.9. The zero-order chi connectivity index (χ0) is 20.9. The average molecular weight is 427 g/mol. The van der Waals surface area contributed by atoms with E-state index in [1.54, 1.807) is 11.1 Å². The molecule has 0 saturated carbocycles. The summed E-state index contributed by atoms with van der Waals surface area (Å²) in [6, 6.07) is 9.54. The molecule has 1 fully saturated rings. The molecule has 3 heterocycles. The molecular weight excluding hydrogens is 398 g/mol. The van der Waals surface area contributed by atoms with Gasteiger partial charge in [-0.15, -0.1) is 0 Å². The number of quaternary nitrogens is 1. The Hall–Kier alpha value is -2.44. The fourth-order valence-electron chi connectivity index (χ4n) is 4.16. The maximum atomic E-state index is 12.9. The van der Waals surface area contributed by atoms with E-state index in [2.05, 4.69) is 17.2 Å². The summed E-state index contributed by atoms with van der Waals surface area (Å²) < 4.78 is 1.82. The molecule has 1 aliphatic rings. The van der Waals surface area contributed by atoms with Crippen molar-refractivity contribution < 1.29 is 9.69 Å². The van der Waals surface area contributed by atoms with Crippen molar-refractivity contribution in [1.29, 1.82) is 0 Å². The highest BCUT2D eigenvalue weighted by atomic mass is 35.5. The van der Waals surface area contributed by atoms with Gasteiger partial charge in [-0.1, -0.05) is 37.1 Å². The highest BCUT2D eigenvalue weighted by Gasteiger charge is 2.18. The lowest BCUT2D eigenvalue weighted by Crippen LogP contribution is -3.13. The molecule has 4 rings (SSSR count). The second kappa shape index (κ2) is 9.58. The Bertz CT molecular complexity index is 1010. The van der Waals surface area contributed by atoms with Crippen LogP contribution in [0.3, 0.4) is 0 Å². The molecule has 0 bridgehead atoms. The third-order valence-corrected chi connectivity index (χ3v) is 6.03. The van der Waals surface area contributed by atoms with Gasteiger partial charge in [-0.05, 0) is 37.8 Å². The molecule has 0 spiro atoms. The molecule has 7 heteroatoms. The maximum Gasteiger partial charge on any atom is 0.254 e. The van der Waals surface area contributed by atoms with E-state index in [1.165, 1.54) is 32.4 Å². The van der Waals surface area contributed by atoms with Crippen LogP contribution in [-0.4, -0.2) is 46.7 Å². The van der Waals surface area contributed by atoms with E-state index < -0.39 is 0 Å². The fraction of sp³-hybridized carbons (Fsp3) is 0.435. The number of rotatable bonds is 7. The molecule has 158 valence electrons. The molecule has 2 N–H and O–H groups in total. The van der Waals surface area contributed by atoms with Crippen LogP contribution in [0.25, 0.3) is 16.9 Å². The first-order valence-corrected chi connectivity index (χ1v) is 11.3. The molecule has 2 aromatic heterocycles. The Morgan fingerprint density at radius 3 is 2.70 bits per heavy atom. The number of carbonyl (C=O) groups is 1. The Morgan fingerprint density at radius 1 is 1.20 bits per heavy atom. The lowest BCUT2D eigenvalue weighted by atomic mass is 10.1. The van der Waals surface area contributed by atoms with Crippen molar-refractivity contribution >= 4 is 23.2 Å². The molecule has 30 heavy (non-hydrogen) atoms. The van der Waals surface area contributed by atoms with Crippen LogP contribution in [0.5, 0.6) is 0 Å². The van der Waals surface area contributed by atoms with Crippen molar-refractivity contribution in [1.82, 2.24) is 19.9 Å². The first-order valence-electron chi connectivity index (χ1n) is 10.9. The molecule has 3 aromatic rings. The zero-order valence-corrected chi connectivity index (χ0v) is 18.2. The molecule has 0 aliphatic carbocycles. The molecule has 6 nitrogen and oxygen atoms in total. The van der Waals surface area contributed by atoms with E-state index in [0.29, 0.717) is 17.1 Å². The van der Waals surface area contributed by atoms with Crippen LogP contribution in [0.2, 0.25) is 5.02 Å². The third-order valence-electron chi connectivity index (χ3n) is 5.78. The number of fused-ring (bicyclic) bond motifs is 1. The van der Waals surface area contributed by atoms with Crippen molar-refractivity contribution in [2.75, 3.05) is 26.2 Å². The smallest absolute Gasteiger partial charge is 0.254 e. The zero-order valence-electron chi connectivity index (χ0n) is 17.5. The quantitative estimate of drug-likeness (QED) is 0.610. The first kappa shape index (κ1) is 20.8. The number of benzene rings is 1. The number of aryl methyl sites for hydroxylation is 1. The van der Waals surface area contributed by atoms with E-state index in [4.69, 9.17) is 16.7 Å². The summed E-state index contributed by atoms with van der Waals surface area (Å²) in [7, 11) is 0.